The molecule has 0 aromatic heterocycles. The summed E-state index contributed by atoms with van der Waals surface area (Å²) < 4.78 is 0. The number of amides is 2. The van der Waals surface area contributed by atoms with Crippen molar-refractivity contribution < 1.29 is 9.59 Å². The highest BCUT2D eigenvalue weighted by atomic mass is 16.2. The van der Waals surface area contributed by atoms with Gasteiger partial charge >= 0.3 is 0 Å². The van der Waals surface area contributed by atoms with Crippen LogP contribution in [0.2, 0.25) is 0 Å². The minimum atomic E-state index is -0.0342. The Balaban J connectivity index is 1.61. The van der Waals surface area contributed by atoms with Gasteiger partial charge in [-0.25, -0.2) is 0 Å². The van der Waals surface area contributed by atoms with Gasteiger partial charge in [-0.05, 0) is 51.0 Å². The first-order valence-corrected chi connectivity index (χ1v) is 10.4. The summed E-state index contributed by atoms with van der Waals surface area (Å²) in [6.45, 7) is 9.13. The van der Waals surface area contributed by atoms with Crippen LogP contribution in [0.15, 0.2) is 60.7 Å². The van der Waals surface area contributed by atoms with Crippen LogP contribution in [-0.4, -0.2) is 46.8 Å². The topological polar surface area (TPSA) is 40.6 Å². The predicted molar refractivity (Wildman–Crippen MR) is 123 cm³/mol. The van der Waals surface area contributed by atoms with Gasteiger partial charge in [-0.2, -0.15) is 0 Å². The van der Waals surface area contributed by atoms with Crippen LogP contribution in [0.4, 0.5) is 0 Å². The van der Waals surface area contributed by atoms with E-state index in [1.54, 1.807) is 12.2 Å². The lowest BCUT2D eigenvalue weighted by Gasteiger charge is -2.43. The highest BCUT2D eigenvalue weighted by molar-refractivity contribution is 5.94. The predicted octanol–water partition coefficient (Wildman–Crippen LogP) is 4.48. The maximum atomic E-state index is 12.7. The van der Waals surface area contributed by atoms with E-state index in [0.29, 0.717) is 13.1 Å². The molecule has 1 aliphatic heterocycles. The van der Waals surface area contributed by atoms with Crippen LogP contribution < -0.4 is 0 Å². The third-order valence-corrected chi connectivity index (χ3v) is 5.54. The molecule has 3 rings (SSSR count). The van der Waals surface area contributed by atoms with E-state index in [2.05, 4.69) is 0 Å². The molecule has 2 aromatic rings. The number of benzene rings is 2. The van der Waals surface area contributed by atoms with Gasteiger partial charge < -0.3 is 9.80 Å². The highest BCUT2D eigenvalue weighted by Crippen LogP contribution is 2.17. The average molecular weight is 403 g/mol. The summed E-state index contributed by atoms with van der Waals surface area (Å²) in [6.07, 6.45) is 6.95. The quantitative estimate of drug-likeness (QED) is 0.708. The van der Waals surface area contributed by atoms with E-state index in [-0.39, 0.29) is 23.9 Å². The van der Waals surface area contributed by atoms with Crippen molar-refractivity contribution in [1.82, 2.24) is 9.80 Å². The second-order valence-electron chi connectivity index (χ2n) is 8.17. The summed E-state index contributed by atoms with van der Waals surface area (Å²) in [7, 11) is 0. The Labute approximate surface area is 179 Å². The summed E-state index contributed by atoms with van der Waals surface area (Å²) in [4.78, 5) is 29.2. The Morgan fingerprint density at radius 1 is 0.700 bits per heavy atom. The molecule has 4 heteroatoms. The van der Waals surface area contributed by atoms with Crippen molar-refractivity contribution >= 4 is 24.0 Å². The zero-order valence-electron chi connectivity index (χ0n) is 18.2. The van der Waals surface area contributed by atoms with E-state index in [1.165, 1.54) is 11.1 Å². The normalized spacial score (nSPS) is 19.6. The maximum absolute atomic E-state index is 12.7. The number of hydrogen-bond acceptors (Lipinski definition) is 2. The van der Waals surface area contributed by atoms with Gasteiger partial charge in [-0.1, -0.05) is 59.7 Å². The lowest BCUT2D eigenvalue weighted by Crippen LogP contribution is -2.59. The van der Waals surface area contributed by atoms with E-state index >= 15 is 0 Å². The first kappa shape index (κ1) is 21.6. The summed E-state index contributed by atoms with van der Waals surface area (Å²) >= 11 is 0. The standard InChI is InChI=1S/C26H30N2O2/c1-19-5-9-23(10-6-19)13-15-25(29)27-17-22(4)28(18-21(27)3)26(30)16-14-24-11-7-20(2)8-12-24/h5-16,21-22H,17-18H2,1-4H3/b15-13+,16-14+/t21-,22-/m0/s1. The first-order chi connectivity index (χ1) is 14.3. The molecule has 30 heavy (non-hydrogen) atoms. The van der Waals surface area contributed by atoms with E-state index in [9.17, 15) is 9.59 Å². The third-order valence-electron chi connectivity index (χ3n) is 5.54. The van der Waals surface area contributed by atoms with Crippen LogP contribution in [0.5, 0.6) is 0 Å². The van der Waals surface area contributed by atoms with Gasteiger partial charge in [-0.3, -0.25) is 9.59 Å². The Morgan fingerprint density at radius 3 is 1.37 bits per heavy atom. The van der Waals surface area contributed by atoms with Crippen LogP contribution >= 0.6 is 0 Å². The monoisotopic (exact) mass is 402 g/mol. The lowest BCUT2D eigenvalue weighted by molar-refractivity contribution is -0.139. The van der Waals surface area contributed by atoms with Crippen molar-refractivity contribution in [3.05, 3.63) is 82.9 Å². The molecule has 0 spiro atoms. The van der Waals surface area contributed by atoms with Crippen molar-refractivity contribution in [2.75, 3.05) is 13.1 Å². The van der Waals surface area contributed by atoms with Gasteiger partial charge in [0.1, 0.15) is 0 Å². The number of carbonyl (C=O) groups excluding carboxylic acids is 2. The molecule has 1 fully saturated rings. The minimum Gasteiger partial charge on any atom is -0.333 e. The fraction of sp³-hybridized carbons (Fsp3) is 0.308. The highest BCUT2D eigenvalue weighted by Gasteiger charge is 2.32. The number of hydrogen-bond donors (Lipinski definition) is 0. The fourth-order valence-corrected chi connectivity index (χ4v) is 3.62. The molecular formula is C26H30N2O2. The molecule has 1 heterocycles. The number of piperazine rings is 1. The largest absolute Gasteiger partial charge is 0.333 e. The molecule has 0 bridgehead atoms. The van der Waals surface area contributed by atoms with Crippen LogP contribution in [0.1, 0.15) is 36.1 Å². The molecule has 2 atom stereocenters. The van der Waals surface area contributed by atoms with Gasteiger partial charge in [-0.15, -0.1) is 0 Å². The molecule has 1 aliphatic rings. The Morgan fingerprint density at radius 2 is 1.03 bits per heavy atom. The van der Waals surface area contributed by atoms with E-state index in [4.69, 9.17) is 0 Å². The zero-order valence-corrected chi connectivity index (χ0v) is 18.2. The summed E-state index contributed by atoms with van der Waals surface area (Å²) in [5.74, 6) is -0.0329. The zero-order chi connectivity index (χ0) is 21.7. The third kappa shape index (κ3) is 5.47. The lowest BCUT2D eigenvalue weighted by atomic mass is 10.1. The molecule has 0 N–H and O–H groups in total. The van der Waals surface area contributed by atoms with Gasteiger partial charge in [0, 0.05) is 37.3 Å². The van der Waals surface area contributed by atoms with Gasteiger partial charge in [0.2, 0.25) is 11.8 Å². The smallest absolute Gasteiger partial charge is 0.246 e. The van der Waals surface area contributed by atoms with Crippen LogP contribution in [0.25, 0.3) is 12.2 Å². The maximum Gasteiger partial charge on any atom is 0.246 e. The minimum absolute atomic E-state index is 0.0165. The van der Waals surface area contributed by atoms with E-state index < -0.39 is 0 Å². The summed E-state index contributed by atoms with van der Waals surface area (Å²) in [5, 5.41) is 0. The SMILES string of the molecule is Cc1ccc(/C=C/C(=O)N2C[C@H](C)N(C(=O)/C=C/c3ccc(C)cc3)C[C@@H]2C)cc1. The van der Waals surface area contributed by atoms with E-state index in [0.717, 1.165) is 11.1 Å². The van der Waals surface area contributed by atoms with Crippen LogP contribution in [0, 0.1) is 13.8 Å². The van der Waals surface area contributed by atoms with E-state index in [1.807, 2.05) is 98.2 Å². The van der Waals surface area contributed by atoms with Crippen molar-refractivity contribution in [1.29, 1.82) is 0 Å². The van der Waals surface area contributed by atoms with Crippen molar-refractivity contribution in [2.24, 2.45) is 0 Å². The van der Waals surface area contributed by atoms with Gasteiger partial charge in [0.05, 0.1) is 0 Å². The van der Waals surface area contributed by atoms with Crippen molar-refractivity contribution in [3.8, 4) is 0 Å². The van der Waals surface area contributed by atoms with Crippen molar-refractivity contribution in [3.63, 3.8) is 0 Å². The molecular weight excluding hydrogens is 372 g/mol. The molecule has 2 aromatic carbocycles. The molecule has 4 nitrogen and oxygen atoms in total. The molecule has 0 saturated carbocycles. The van der Waals surface area contributed by atoms with Gasteiger partial charge in [0.15, 0.2) is 0 Å². The molecule has 0 unspecified atom stereocenters. The summed E-state index contributed by atoms with van der Waals surface area (Å²) in [5.41, 5.74) is 4.39. The number of rotatable bonds is 4. The number of nitrogens with zero attached hydrogens (tertiary/aromatic N) is 2. The van der Waals surface area contributed by atoms with Crippen LogP contribution in [-0.2, 0) is 9.59 Å². The first-order valence-electron chi connectivity index (χ1n) is 10.4. The Hall–Kier alpha value is -3.14. The second kappa shape index (κ2) is 9.57. The fourth-order valence-electron chi connectivity index (χ4n) is 3.62. The van der Waals surface area contributed by atoms with Crippen molar-refractivity contribution in [2.45, 2.75) is 39.8 Å². The molecule has 0 radical (unpaired) electrons. The molecule has 1 saturated heterocycles. The van der Waals surface area contributed by atoms with Gasteiger partial charge in [0.25, 0.3) is 0 Å². The van der Waals surface area contributed by atoms with Crippen LogP contribution in [0.3, 0.4) is 0 Å². The number of aryl methyl sites for hydroxylation is 2. The molecule has 156 valence electrons. The number of carbonyl (C=O) groups is 2. The summed E-state index contributed by atoms with van der Waals surface area (Å²) in [6, 6.07) is 16.1. The Kier molecular flexibility index (Phi) is 6.88. The average Bonchev–Trinajstić information content (AvgIpc) is 2.73. The Bertz CT molecular complexity index is 863. The second-order valence-corrected chi connectivity index (χ2v) is 8.17. The molecule has 2 amide bonds. The molecule has 0 aliphatic carbocycles.